The zero-order chi connectivity index (χ0) is 12.0. The molecule has 1 heterocycles. The predicted octanol–water partition coefficient (Wildman–Crippen LogP) is 0.141. The fourth-order valence-electron chi connectivity index (χ4n) is 0.839. The van der Waals surface area contributed by atoms with Crippen LogP contribution in [0.1, 0.15) is 10.6 Å². The van der Waals surface area contributed by atoms with Crippen LogP contribution in [-0.2, 0) is 4.74 Å². The van der Waals surface area contributed by atoms with E-state index < -0.39 is 12.0 Å². The number of carbonyl (C=O) groups excluding carboxylic acids is 1. The molecule has 2 amide bonds. The molecule has 0 aliphatic heterocycles. The van der Waals surface area contributed by atoms with Crippen molar-refractivity contribution in [3.05, 3.63) is 12.0 Å². The van der Waals surface area contributed by atoms with Crippen molar-refractivity contribution in [3.63, 3.8) is 0 Å². The second-order valence-corrected chi connectivity index (χ2v) is 2.71. The third-order valence-corrected chi connectivity index (χ3v) is 1.53. The summed E-state index contributed by atoms with van der Waals surface area (Å²) in [6.07, 6.45) is 1.01. The Morgan fingerprint density at radius 2 is 2.38 bits per heavy atom. The zero-order valence-electron chi connectivity index (χ0n) is 8.52. The maximum absolute atomic E-state index is 11.1. The Morgan fingerprint density at radius 1 is 1.62 bits per heavy atom. The number of nitrogens with one attached hydrogen (secondary N) is 2. The van der Waals surface area contributed by atoms with Crippen LogP contribution < -0.4 is 10.6 Å². The molecule has 3 N–H and O–H groups in total. The fraction of sp³-hybridized carbons (Fsp3) is 0.375. The average Bonchev–Trinajstić information content (AvgIpc) is 2.66. The van der Waals surface area contributed by atoms with Crippen LogP contribution in [0.5, 0.6) is 0 Å². The number of amides is 2. The fourth-order valence-corrected chi connectivity index (χ4v) is 0.839. The predicted molar refractivity (Wildman–Crippen MR) is 52.4 cm³/mol. The first kappa shape index (κ1) is 12.0. The summed E-state index contributed by atoms with van der Waals surface area (Å²) in [4.78, 5) is 25.1. The molecule has 0 aliphatic rings. The number of aromatic carboxylic acids is 1. The number of methoxy groups -OCH3 is 1. The minimum absolute atomic E-state index is 0.174. The first-order chi connectivity index (χ1) is 7.63. The van der Waals surface area contributed by atoms with Gasteiger partial charge in [0.2, 0.25) is 5.76 Å². The molecule has 0 bridgehead atoms. The number of hydrogen-bond acceptors (Lipinski definition) is 5. The first-order valence-corrected chi connectivity index (χ1v) is 4.36. The summed E-state index contributed by atoms with van der Waals surface area (Å²) in [5.41, 5.74) is 0. The summed E-state index contributed by atoms with van der Waals surface area (Å²) in [6, 6.07) is -0.719. The van der Waals surface area contributed by atoms with E-state index in [9.17, 15) is 9.59 Å². The molecule has 88 valence electrons. The number of anilines is 1. The molecule has 0 aliphatic carbocycles. The van der Waals surface area contributed by atoms with Gasteiger partial charge in [0.25, 0.3) is 0 Å². The molecule has 8 heteroatoms. The quantitative estimate of drug-likeness (QED) is 0.619. The Bertz CT molecular complexity index is 376. The molecule has 16 heavy (non-hydrogen) atoms. The lowest BCUT2D eigenvalue weighted by atomic mass is 10.5. The van der Waals surface area contributed by atoms with E-state index in [1.165, 1.54) is 7.11 Å². The van der Waals surface area contributed by atoms with E-state index in [1.807, 2.05) is 0 Å². The van der Waals surface area contributed by atoms with Gasteiger partial charge >= 0.3 is 18.0 Å². The number of carboxylic acids is 1. The monoisotopic (exact) mass is 229 g/mol. The van der Waals surface area contributed by atoms with Crippen molar-refractivity contribution in [2.45, 2.75) is 0 Å². The van der Waals surface area contributed by atoms with Crippen LogP contribution in [0.4, 0.5) is 10.8 Å². The summed E-state index contributed by atoms with van der Waals surface area (Å²) >= 11 is 0. The summed E-state index contributed by atoms with van der Waals surface area (Å²) in [7, 11) is 1.51. The SMILES string of the molecule is COCCNC(=O)Nc1ncc(C(=O)O)o1. The van der Waals surface area contributed by atoms with E-state index in [0.29, 0.717) is 13.2 Å². The maximum atomic E-state index is 11.1. The van der Waals surface area contributed by atoms with Gasteiger partial charge in [0.1, 0.15) is 0 Å². The Morgan fingerprint density at radius 3 is 2.94 bits per heavy atom. The van der Waals surface area contributed by atoms with Crippen molar-refractivity contribution in [1.82, 2.24) is 10.3 Å². The molecular formula is C8H11N3O5. The van der Waals surface area contributed by atoms with E-state index >= 15 is 0 Å². The lowest BCUT2D eigenvalue weighted by molar-refractivity contribution is 0.0663. The molecule has 0 fully saturated rings. The molecule has 1 rings (SSSR count). The van der Waals surface area contributed by atoms with Gasteiger partial charge in [-0.3, -0.25) is 5.32 Å². The van der Waals surface area contributed by atoms with E-state index in [-0.39, 0.29) is 11.8 Å². The Kier molecular flexibility index (Phi) is 4.28. The van der Waals surface area contributed by atoms with E-state index in [4.69, 9.17) is 14.3 Å². The number of rotatable bonds is 5. The van der Waals surface area contributed by atoms with Crippen molar-refractivity contribution >= 4 is 18.0 Å². The minimum Gasteiger partial charge on any atom is -0.475 e. The lowest BCUT2D eigenvalue weighted by Gasteiger charge is -2.03. The number of oxazole rings is 1. The highest BCUT2D eigenvalue weighted by Crippen LogP contribution is 2.07. The van der Waals surface area contributed by atoms with Gasteiger partial charge in [0, 0.05) is 13.7 Å². The molecule has 8 nitrogen and oxygen atoms in total. The summed E-state index contributed by atoms with van der Waals surface area (Å²) < 4.78 is 9.43. The molecule has 0 unspecified atom stereocenters. The van der Waals surface area contributed by atoms with Crippen LogP contribution >= 0.6 is 0 Å². The average molecular weight is 229 g/mol. The molecule has 0 atom stereocenters. The van der Waals surface area contributed by atoms with Gasteiger partial charge in [-0.1, -0.05) is 0 Å². The van der Waals surface area contributed by atoms with Gasteiger partial charge in [-0.15, -0.1) is 0 Å². The molecule has 0 radical (unpaired) electrons. The van der Waals surface area contributed by atoms with Crippen LogP contribution in [0.25, 0.3) is 0 Å². The molecule has 0 spiro atoms. The smallest absolute Gasteiger partial charge is 0.373 e. The lowest BCUT2D eigenvalue weighted by Crippen LogP contribution is -2.31. The van der Waals surface area contributed by atoms with Crippen LogP contribution in [0.2, 0.25) is 0 Å². The molecule has 0 saturated heterocycles. The molecular weight excluding hydrogens is 218 g/mol. The zero-order valence-corrected chi connectivity index (χ0v) is 8.52. The standard InChI is InChI=1S/C8H11N3O5/c1-15-3-2-9-7(14)11-8-10-4-5(16-8)6(12)13/h4H,2-3H2,1H3,(H,12,13)(H2,9,10,11,14). The van der Waals surface area contributed by atoms with Crippen molar-refractivity contribution in [1.29, 1.82) is 0 Å². The van der Waals surface area contributed by atoms with Crippen LogP contribution in [-0.4, -0.2) is 42.4 Å². The van der Waals surface area contributed by atoms with Crippen LogP contribution in [0.15, 0.2) is 10.6 Å². The third kappa shape index (κ3) is 3.58. The minimum atomic E-state index is -1.25. The van der Waals surface area contributed by atoms with Gasteiger partial charge < -0.3 is 19.6 Å². The highest BCUT2D eigenvalue weighted by Gasteiger charge is 2.11. The number of nitrogens with zero attached hydrogens (tertiary/aromatic N) is 1. The second-order valence-electron chi connectivity index (χ2n) is 2.71. The Balaban J connectivity index is 2.40. The summed E-state index contributed by atoms with van der Waals surface area (Å²) in [5, 5.41) is 13.2. The number of hydrogen-bond donors (Lipinski definition) is 3. The van der Waals surface area contributed by atoms with Crippen molar-refractivity contribution in [2.24, 2.45) is 0 Å². The highest BCUT2D eigenvalue weighted by atomic mass is 16.5. The van der Waals surface area contributed by atoms with Gasteiger partial charge in [-0.25, -0.2) is 14.6 Å². The Hall–Kier alpha value is -2.09. The van der Waals surface area contributed by atoms with Gasteiger partial charge in [0.05, 0.1) is 12.8 Å². The summed E-state index contributed by atoms with van der Waals surface area (Å²) in [6.45, 7) is 0.703. The van der Waals surface area contributed by atoms with Gasteiger partial charge in [-0.05, 0) is 0 Å². The number of carbonyl (C=O) groups is 2. The van der Waals surface area contributed by atoms with Crippen LogP contribution in [0, 0.1) is 0 Å². The Labute approximate surface area is 90.6 Å². The number of aromatic nitrogens is 1. The maximum Gasteiger partial charge on any atom is 0.373 e. The first-order valence-electron chi connectivity index (χ1n) is 4.36. The molecule has 0 aromatic carbocycles. The summed E-state index contributed by atoms with van der Waals surface area (Å²) in [5.74, 6) is -1.59. The number of carboxylic acid groups (broad SMARTS) is 1. The molecule has 1 aromatic rings. The second kappa shape index (κ2) is 5.71. The topological polar surface area (TPSA) is 114 Å². The van der Waals surface area contributed by atoms with Crippen LogP contribution in [0.3, 0.4) is 0 Å². The third-order valence-electron chi connectivity index (χ3n) is 1.53. The van der Waals surface area contributed by atoms with Crippen molar-refractivity contribution in [2.75, 3.05) is 25.6 Å². The highest BCUT2D eigenvalue weighted by molar-refractivity contribution is 5.88. The largest absolute Gasteiger partial charge is 0.475 e. The normalized spacial score (nSPS) is 9.81. The van der Waals surface area contributed by atoms with E-state index in [0.717, 1.165) is 6.20 Å². The van der Waals surface area contributed by atoms with Crippen molar-refractivity contribution in [3.8, 4) is 0 Å². The van der Waals surface area contributed by atoms with Gasteiger partial charge in [-0.2, -0.15) is 0 Å². The van der Waals surface area contributed by atoms with Gasteiger partial charge in [0.15, 0.2) is 0 Å². The molecule has 1 aromatic heterocycles. The van der Waals surface area contributed by atoms with E-state index in [2.05, 4.69) is 15.6 Å². The number of urea groups is 1. The van der Waals surface area contributed by atoms with E-state index in [1.54, 1.807) is 0 Å². The molecule has 0 saturated carbocycles. The number of ether oxygens (including phenoxy) is 1. The van der Waals surface area contributed by atoms with Crippen molar-refractivity contribution < 1.29 is 23.8 Å².